The Hall–Kier alpha value is -3.24. The molecule has 0 bridgehead atoms. The molecule has 2 saturated heterocycles. The van der Waals surface area contributed by atoms with Crippen molar-refractivity contribution >= 4 is 21.5 Å². The normalized spacial score (nSPS) is 17.6. The molecular formula is C36H54N6O3S. The van der Waals surface area contributed by atoms with Crippen LogP contribution in [0.5, 0.6) is 5.75 Å². The first-order chi connectivity index (χ1) is 22.2. The number of sulfonamides is 1. The van der Waals surface area contributed by atoms with Crippen molar-refractivity contribution < 1.29 is 13.2 Å². The highest BCUT2D eigenvalue weighted by molar-refractivity contribution is 7.89. The van der Waals surface area contributed by atoms with E-state index in [0.29, 0.717) is 22.6 Å². The number of pyridine rings is 1. The van der Waals surface area contributed by atoms with Gasteiger partial charge in [-0.3, -0.25) is 4.98 Å². The zero-order valence-corrected chi connectivity index (χ0v) is 29.8. The molecule has 2 aliphatic heterocycles. The van der Waals surface area contributed by atoms with E-state index in [2.05, 4.69) is 43.0 Å². The summed E-state index contributed by atoms with van der Waals surface area (Å²) in [4.78, 5) is 18.2. The van der Waals surface area contributed by atoms with E-state index in [-0.39, 0.29) is 6.04 Å². The molecule has 3 aliphatic rings. The third kappa shape index (κ3) is 8.56. The van der Waals surface area contributed by atoms with Gasteiger partial charge in [0.2, 0.25) is 10.0 Å². The number of hydrogen-bond donors (Lipinski definition) is 0. The molecule has 9 nitrogen and oxygen atoms in total. The molecule has 0 unspecified atom stereocenters. The summed E-state index contributed by atoms with van der Waals surface area (Å²) in [6.07, 6.45) is 13.4. The number of aryl methyl sites for hydroxylation is 3. The summed E-state index contributed by atoms with van der Waals surface area (Å²) in [7, 11) is -1.82. The average molecular weight is 651 g/mol. The summed E-state index contributed by atoms with van der Waals surface area (Å²) in [5.74, 6) is 1.79. The third-order valence-corrected chi connectivity index (χ3v) is 11.7. The fraction of sp³-hybridized carbons (Fsp3) is 0.583. The number of piperidine rings is 2. The lowest BCUT2D eigenvalue weighted by Gasteiger charge is -2.47. The molecule has 1 saturated carbocycles. The Morgan fingerprint density at radius 3 is 1.96 bits per heavy atom. The molecule has 4 heterocycles. The molecule has 0 amide bonds. The zero-order chi connectivity index (χ0) is 33.3. The Kier molecular flexibility index (Phi) is 12.4. The lowest BCUT2D eigenvalue weighted by Crippen LogP contribution is -2.47. The van der Waals surface area contributed by atoms with Crippen molar-refractivity contribution in [3.8, 4) is 5.75 Å². The second-order valence-electron chi connectivity index (χ2n) is 12.6. The molecule has 1 aliphatic carbocycles. The molecule has 6 rings (SSSR count). The predicted molar refractivity (Wildman–Crippen MR) is 187 cm³/mol. The van der Waals surface area contributed by atoms with Crippen molar-refractivity contribution in [2.45, 2.75) is 97.4 Å². The fourth-order valence-corrected chi connectivity index (χ4v) is 8.94. The van der Waals surface area contributed by atoms with Crippen LogP contribution in [0.25, 0.3) is 0 Å². The molecule has 1 spiro atoms. The molecule has 10 heteroatoms. The van der Waals surface area contributed by atoms with E-state index in [1.807, 2.05) is 53.9 Å². The summed E-state index contributed by atoms with van der Waals surface area (Å²) in [6, 6.07) is 10.1. The van der Waals surface area contributed by atoms with Crippen LogP contribution in [0.2, 0.25) is 0 Å². The van der Waals surface area contributed by atoms with Gasteiger partial charge in [-0.15, -0.1) is 0 Å². The summed E-state index contributed by atoms with van der Waals surface area (Å²) in [5, 5.41) is 0. The van der Waals surface area contributed by atoms with Crippen LogP contribution in [-0.4, -0.2) is 73.6 Å². The molecule has 1 aromatic carbocycles. The quantitative estimate of drug-likeness (QED) is 0.258. The SMILES string of the molecule is CC.CCCN(C1CC1)S(=O)(=O)c1c(C)cc(OC)cc1C.Cc1cc(N2CCC3(CCN(c4ccncc4)CC3)CC2)ncn1. The molecule has 0 N–H and O–H groups in total. The van der Waals surface area contributed by atoms with Crippen LogP contribution in [0.4, 0.5) is 11.5 Å². The van der Waals surface area contributed by atoms with Crippen LogP contribution in [0.1, 0.15) is 82.5 Å². The van der Waals surface area contributed by atoms with Crippen LogP contribution >= 0.6 is 0 Å². The summed E-state index contributed by atoms with van der Waals surface area (Å²) < 4.78 is 32.7. The van der Waals surface area contributed by atoms with E-state index in [4.69, 9.17) is 4.74 Å². The molecule has 252 valence electrons. The Morgan fingerprint density at radius 1 is 0.891 bits per heavy atom. The lowest BCUT2D eigenvalue weighted by molar-refractivity contribution is 0.166. The second kappa shape index (κ2) is 16.0. The number of rotatable bonds is 8. The van der Waals surface area contributed by atoms with Crippen LogP contribution in [0.3, 0.4) is 0 Å². The van der Waals surface area contributed by atoms with E-state index < -0.39 is 10.0 Å². The average Bonchev–Trinajstić information content (AvgIpc) is 3.91. The second-order valence-corrected chi connectivity index (χ2v) is 14.5. The van der Waals surface area contributed by atoms with Crippen LogP contribution < -0.4 is 14.5 Å². The first kappa shape index (κ1) is 35.6. The van der Waals surface area contributed by atoms with E-state index in [9.17, 15) is 8.42 Å². The lowest BCUT2D eigenvalue weighted by atomic mass is 9.71. The maximum Gasteiger partial charge on any atom is 0.243 e. The van der Waals surface area contributed by atoms with Gasteiger partial charge in [0.25, 0.3) is 0 Å². The largest absolute Gasteiger partial charge is 0.497 e. The number of methoxy groups -OCH3 is 1. The van der Waals surface area contributed by atoms with Crippen molar-refractivity contribution in [3.05, 3.63) is 65.9 Å². The number of nitrogens with zero attached hydrogens (tertiary/aromatic N) is 6. The molecule has 46 heavy (non-hydrogen) atoms. The highest BCUT2D eigenvalue weighted by Gasteiger charge is 2.39. The van der Waals surface area contributed by atoms with Crippen molar-refractivity contribution in [2.24, 2.45) is 5.41 Å². The maximum absolute atomic E-state index is 12.9. The minimum Gasteiger partial charge on any atom is -0.497 e. The summed E-state index contributed by atoms with van der Waals surface area (Å²) in [5.41, 5.74) is 4.40. The third-order valence-electron chi connectivity index (χ3n) is 9.42. The highest BCUT2D eigenvalue weighted by Crippen LogP contribution is 2.42. The van der Waals surface area contributed by atoms with Gasteiger partial charge in [-0.1, -0.05) is 20.8 Å². The van der Waals surface area contributed by atoms with Crippen LogP contribution in [0.15, 0.2) is 53.9 Å². The molecular weight excluding hydrogens is 597 g/mol. The van der Waals surface area contributed by atoms with Gasteiger partial charge >= 0.3 is 0 Å². The monoisotopic (exact) mass is 650 g/mol. The number of hydrogen-bond acceptors (Lipinski definition) is 8. The van der Waals surface area contributed by atoms with Crippen molar-refractivity contribution in [3.63, 3.8) is 0 Å². The number of anilines is 2. The van der Waals surface area contributed by atoms with E-state index in [1.165, 1.54) is 31.4 Å². The van der Waals surface area contributed by atoms with Crippen molar-refractivity contribution in [1.29, 1.82) is 0 Å². The summed E-state index contributed by atoms with van der Waals surface area (Å²) >= 11 is 0. The van der Waals surface area contributed by atoms with Crippen LogP contribution in [-0.2, 0) is 10.0 Å². The summed E-state index contributed by atoms with van der Waals surface area (Å²) in [6.45, 7) is 16.9. The first-order valence-electron chi connectivity index (χ1n) is 17.0. The maximum atomic E-state index is 12.9. The number of ether oxygens (including phenoxy) is 1. The molecule has 3 fully saturated rings. The Balaban J connectivity index is 0.000000202. The number of aromatic nitrogens is 3. The molecule has 3 aromatic rings. The molecule has 2 aromatic heterocycles. The van der Waals surface area contributed by atoms with Gasteiger partial charge < -0.3 is 14.5 Å². The fourth-order valence-electron chi connectivity index (χ4n) is 6.75. The Morgan fingerprint density at radius 2 is 1.46 bits per heavy atom. The van der Waals surface area contributed by atoms with E-state index >= 15 is 0 Å². The van der Waals surface area contributed by atoms with E-state index in [1.54, 1.807) is 29.9 Å². The smallest absolute Gasteiger partial charge is 0.243 e. The highest BCUT2D eigenvalue weighted by atomic mass is 32.2. The van der Waals surface area contributed by atoms with Gasteiger partial charge in [0.05, 0.1) is 12.0 Å². The first-order valence-corrected chi connectivity index (χ1v) is 18.5. The van der Waals surface area contributed by atoms with Gasteiger partial charge in [0, 0.05) is 68.6 Å². The van der Waals surface area contributed by atoms with Gasteiger partial charge in [0.1, 0.15) is 17.9 Å². The van der Waals surface area contributed by atoms with Gasteiger partial charge in [0.15, 0.2) is 0 Å². The Labute approximate surface area is 277 Å². The van der Waals surface area contributed by atoms with Crippen LogP contribution in [0, 0.1) is 26.2 Å². The van der Waals surface area contributed by atoms with Crippen molar-refractivity contribution in [1.82, 2.24) is 19.3 Å². The topological polar surface area (TPSA) is 91.8 Å². The minimum absolute atomic E-state index is 0.195. The van der Waals surface area contributed by atoms with E-state index in [0.717, 1.165) is 68.1 Å². The molecule has 0 radical (unpaired) electrons. The zero-order valence-electron chi connectivity index (χ0n) is 29.0. The number of benzene rings is 1. The van der Waals surface area contributed by atoms with Crippen molar-refractivity contribution in [2.75, 3.05) is 49.6 Å². The minimum atomic E-state index is -3.41. The van der Waals surface area contributed by atoms with Gasteiger partial charge in [-0.2, -0.15) is 4.31 Å². The Bertz CT molecular complexity index is 1470. The van der Waals surface area contributed by atoms with Gasteiger partial charge in [-0.05, 0) is 107 Å². The van der Waals surface area contributed by atoms with Gasteiger partial charge in [-0.25, -0.2) is 18.4 Å². The standard InChI is InChI=1S/C19H25N5.C15H23NO3S.C2H6/c1-16-14-18(22-15-21-16)24-12-6-19(7-13-24)4-10-23(11-5-19)17-2-8-20-9-3-17;1-5-8-16(13-6-7-13)20(17,18)15-11(2)9-14(19-4)10-12(15)3;1-2/h2-3,8-9,14-15H,4-7,10-13H2,1H3;9-10,13H,5-8H2,1-4H3;1-2H3. The predicted octanol–water partition coefficient (Wildman–Crippen LogP) is 6.97. The molecule has 0 atom stereocenters.